The summed E-state index contributed by atoms with van der Waals surface area (Å²) < 4.78 is 0. The highest BCUT2D eigenvalue weighted by Crippen LogP contribution is 2.25. The number of benzene rings is 2. The molecule has 3 heteroatoms. The topological polar surface area (TPSA) is 41.1 Å². The Balaban J connectivity index is 2.29. The van der Waals surface area contributed by atoms with Crippen molar-refractivity contribution in [1.82, 2.24) is 5.32 Å². The van der Waals surface area contributed by atoms with Crippen LogP contribution in [-0.2, 0) is 0 Å². The second-order valence-corrected chi connectivity index (χ2v) is 5.70. The SMILES string of the molecule is CCC(C)NC(=O)c1ccccc1Nc1cccc(C)c1C. The van der Waals surface area contributed by atoms with Gasteiger partial charge < -0.3 is 10.6 Å². The number of amides is 1. The third kappa shape index (κ3) is 3.67. The zero-order chi connectivity index (χ0) is 16.1. The van der Waals surface area contributed by atoms with Crippen LogP contribution in [0.25, 0.3) is 0 Å². The van der Waals surface area contributed by atoms with Gasteiger partial charge in [0.15, 0.2) is 0 Å². The summed E-state index contributed by atoms with van der Waals surface area (Å²) in [6.07, 6.45) is 0.915. The van der Waals surface area contributed by atoms with Crippen LogP contribution in [0.1, 0.15) is 41.8 Å². The molecule has 116 valence electrons. The first-order valence-electron chi connectivity index (χ1n) is 7.76. The van der Waals surface area contributed by atoms with Crippen molar-refractivity contribution in [2.24, 2.45) is 0 Å². The molecule has 22 heavy (non-hydrogen) atoms. The van der Waals surface area contributed by atoms with Crippen molar-refractivity contribution in [3.8, 4) is 0 Å². The molecule has 0 saturated carbocycles. The number of carbonyl (C=O) groups excluding carboxylic acids is 1. The molecule has 0 aliphatic heterocycles. The first-order valence-corrected chi connectivity index (χ1v) is 7.76. The van der Waals surface area contributed by atoms with Crippen LogP contribution >= 0.6 is 0 Å². The third-order valence-electron chi connectivity index (χ3n) is 4.04. The van der Waals surface area contributed by atoms with E-state index >= 15 is 0 Å². The molecule has 0 aliphatic carbocycles. The summed E-state index contributed by atoms with van der Waals surface area (Å²) in [4.78, 5) is 12.4. The summed E-state index contributed by atoms with van der Waals surface area (Å²) in [5, 5.41) is 6.41. The van der Waals surface area contributed by atoms with Gasteiger partial charge in [-0.2, -0.15) is 0 Å². The molecular weight excluding hydrogens is 272 g/mol. The van der Waals surface area contributed by atoms with Crippen LogP contribution in [0.4, 0.5) is 11.4 Å². The first kappa shape index (κ1) is 16.1. The Morgan fingerprint density at radius 1 is 1.05 bits per heavy atom. The summed E-state index contributed by atoms with van der Waals surface area (Å²) in [5.41, 5.74) is 4.95. The maximum atomic E-state index is 12.4. The van der Waals surface area contributed by atoms with Gasteiger partial charge in [0.2, 0.25) is 0 Å². The van der Waals surface area contributed by atoms with E-state index in [1.807, 2.05) is 43.3 Å². The highest BCUT2D eigenvalue weighted by Gasteiger charge is 2.13. The summed E-state index contributed by atoms with van der Waals surface area (Å²) in [5.74, 6) is -0.0391. The van der Waals surface area contributed by atoms with E-state index in [9.17, 15) is 4.79 Å². The van der Waals surface area contributed by atoms with Gasteiger partial charge in [0.25, 0.3) is 5.91 Å². The minimum Gasteiger partial charge on any atom is -0.355 e. The van der Waals surface area contributed by atoms with E-state index in [4.69, 9.17) is 0 Å². The normalized spacial score (nSPS) is 11.8. The van der Waals surface area contributed by atoms with Gasteiger partial charge in [0.05, 0.1) is 11.3 Å². The Hall–Kier alpha value is -2.29. The standard InChI is InChI=1S/C19H24N2O/c1-5-14(3)20-19(22)16-10-6-7-11-18(16)21-17-12-8-9-13(2)15(17)4/h6-12,14,21H,5H2,1-4H3,(H,20,22). The maximum absolute atomic E-state index is 12.4. The Bertz CT molecular complexity index is 664. The number of para-hydroxylation sites is 1. The van der Waals surface area contributed by atoms with Crippen LogP contribution < -0.4 is 10.6 Å². The van der Waals surface area contributed by atoms with Gasteiger partial charge in [0, 0.05) is 11.7 Å². The van der Waals surface area contributed by atoms with Crippen molar-refractivity contribution >= 4 is 17.3 Å². The number of hydrogen-bond acceptors (Lipinski definition) is 2. The van der Waals surface area contributed by atoms with Gasteiger partial charge in [-0.3, -0.25) is 4.79 Å². The predicted molar refractivity (Wildman–Crippen MR) is 92.9 cm³/mol. The number of rotatable bonds is 5. The minimum absolute atomic E-state index is 0.0391. The van der Waals surface area contributed by atoms with E-state index in [0.717, 1.165) is 17.8 Å². The molecule has 2 rings (SSSR count). The van der Waals surface area contributed by atoms with Gasteiger partial charge in [-0.05, 0) is 56.5 Å². The number of aryl methyl sites for hydroxylation is 1. The molecule has 0 aliphatic rings. The number of anilines is 2. The van der Waals surface area contributed by atoms with Crippen molar-refractivity contribution in [3.05, 3.63) is 59.2 Å². The molecule has 2 N–H and O–H groups in total. The molecule has 0 bridgehead atoms. The van der Waals surface area contributed by atoms with Crippen LogP contribution in [0.3, 0.4) is 0 Å². The predicted octanol–water partition coefficient (Wildman–Crippen LogP) is 4.58. The molecule has 0 spiro atoms. The second kappa shape index (κ2) is 7.12. The molecule has 0 saturated heterocycles. The molecule has 2 aromatic rings. The molecule has 1 unspecified atom stereocenters. The molecule has 1 atom stereocenters. The molecule has 0 radical (unpaired) electrons. The van der Waals surface area contributed by atoms with Crippen molar-refractivity contribution < 1.29 is 4.79 Å². The fraction of sp³-hybridized carbons (Fsp3) is 0.316. The highest BCUT2D eigenvalue weighted by atomic mass is 16.1. The third-order valence-corrected chi connectivity index (χ3v) is 4.04. The molecule has 3 nitrogen and oxygen atoms in total. The lowest BCUT2D eigenvalue weighted by Gasteiger charge is -2.16. The van der Waals surface area contributed by atoms with Crippen molar-refractivity contribution in [1.29, 1.82) is 0 Å². The quantitative estimate of drug-likeness (QED) is 0.848. The smallest absolute Gasteiger partial charge is 0.253 e. The lowest BCUT2D eigenvalue weighted by molar-refractivity contribution is 0.0940. The second-order valence-electron chi connectivity index (χ2n) is 5.70. The lowest BCUT2D eigenvalue weighted by Crippen LogP contribution is -2.32. The Labute approximate surface area is 132 Å². The van der Waals surface area contributed by atoms with Crippen molar-refractivity contribution in [3.63, 3.8) is 0 Å². The highest BCUT2D eigenvalue weighted by molar-refractivity contribution is 6.00. The summed E-state index contributed by atoms with van der Waals surface area (Å²) in [6, 6.07) is 13.9. The fourth-order valence-electron chi connectivity index (χ4n) is 2.23. The Morgan fingerprint density at radius 3 is 2.45 bits per heavy atom. The van der Waals surface area contributed by atoms with Gasteiger partial charge in [-0.1, -0.05) is 31.2 Å². The number of hydrogen-bond donors (Lipinski definition) is 2. The van der Waals surface area contributed by atoms with Crippen LogP contribution in [-0.4, -0.2) is 11.9 Å². The van der Waals surface area contributed by atoms with E-state index < -0.39 is 0 Å². The Morgan fingerprint density at radius 2 is 1.73 bits per heavy atom. The molecule has 0 aromatic heterocycles. The number of nitrogens with one attached hydrogen (secondary N) is 2. The molecule has 0 heterocycles. The summed E-state index contributed by atoms with van der Waals surface area (Å²) in [6.45, 7) is 8.24. The molecule has 2 aromatic carbocycles. The van der Waals surface area contributed by atoms with E-state index in [0.29, 0.717) is 5.56 Å². The van der Waals surface area contributed by atoms with Crippen LogP contribution in [0.2, 0.25) is 0 Å². The van der Waals surface area contributed by atoms with Crippen molar-refractivity contribution in [2.75, 3.05) is 5.32 Å². The minimum atomic E-state index is -0.0391. The van der Waals surface area contributed by atoms with Crippen LogP contribution in [0, 0.1) is 13.8 Å². The maximum Gasteiger partial charge on any atom is 0.253 e. The summed E-state index contributed by atoms with van der Waals surface area (Å²) >= 11 is 0. The molecular formula is C19H24N2O. The van der Waals surface area contributed by atoms with Gasteiger partial charge >= 0.3 is 0 Å². The first-order chi connectivity index (χ1) is 10.5. The molecule has 1 amide bonds. The largest absolute Gasteiger partial charge is 0.355 e. The van der Waals surface area contributed by atoms with Crippen LogP contribution in [0.5, 0.6) is 0 Å². The lowest BCUT2D eigenvalue weighted by atomic mass is 10.1. The fourth-order valence-corrected chi connectivity index (χ4v) is 2.23. The number of carbonyl (C=O) groups is 1. The average Bonchev–Trinajstić information content (AvgIpc) is 2.52. The average molecular weight is 296 g/mol. The Kier molecular flexibility index (Phi) is 5.21. The zero-order valence-corrected chi connectivity index (χ0v) is 13.7. The van der Waals surface area contributed by atoms with E-state index in [1.54, 1.807) is 0 Å². The van der Waals surface area contributed by atoms with E-state index in [2.05, 4.69) is 37.5 Å². The van der Waals surface area contributed by atoms with E-state index in [-0.39, 0.29) is 11.9 Å². The summed E-state index contributed by atoms with van der Waals surface area (Å²) in [7, 11) is 0. The van der Waals surface area contributed by atoms with Gasteiger partial charge in [-0.15, -0.1) is 0 Å². The van der Waals surface area contributed by atoms with Gasteiger partial charge in [0.1, 0.15) is 0 Å². The van der Waals surface area contributed by atoms with E-state index in [1.165, 1.54) is 11.1 Å². The molecule has 0 fully saturated rings. The van der Waals surface area contributed by atoms with Gasteiger partial charge in [-0.25, -0.2) is 0 Å². The zero-order valence-electron chi connectivity index (χ0n) is 13.7. The van der Waals surface area contributed by atoms with Crippen molar-refractivity contribution in [2.45, 2.75) is 40.2 Å². The monoisotopic (exact) mass is 296 g/mol. The van der Waals surface area contributed by atoms with Crippen LogP contribution in [0.15, 0.2) is 42.5 Å².